The molecule has 3 atom stereocenters. The molecular formula is C19H20FN3O3. The Bertz CT molecular complexity index is 793. The lowest BCUT2D eigenvalue weighted by atomic mass is 9.89. The van der Waals surface area contributed by atoms with Crippen molar-refractivity contribution in [2.45, 2.75) is 24.9 Å². The summed E-state index contributed by atoms with van der Waals surface area (Å²) >= 11 is 0. The van der Waals surface area contributed by atoms with E-state index in [0.29, 0.717) is 5.69 Å². The van der Waals surface area contributed by atoms with Crippen LogP contribution in [-0.2, 0) is 4.79 Å². The number of carbonyl (C=O) groups is 2. The number of urea groups is 1. The van der Waals surface area contributed by atoms with Crippen molar-refractivity contribution in [3.63, 3.8) is 0 Å². The number of rotatable bonds is 4. The molecule has 1 aliphatic heterocycles. The summed E-state index contributed by atoms with van der Waals surface area (Å²) in [7, 11) is 1.59. The van der Waals surface area contributed by atoms with E-state index in [9.17, 15) is 14.0 Å². The lowest BCUT2D eigenvalue weighted by Crippen LogP contribution is -2.44. The summed E-state index contributed by atoms with van der Waals surface area (Å²) in [5.74, 6) is -0.128. The van der Waals surface area contributed by atoms with Crippen LogP contribution >= 0.6 is 0 Å². The van der Waals surface area contributed by atoms with E-state index in [2.05, 4.69) is 16.0 Å². The fourth-order valence-corrected chi connectivity index (χ4v) is 3.16. The molecule has 1 saturated heterocycles. The van der Waals surface area contributed by atoms with Crippen molar-refractivity contribution < 1.29 is 18.7 Å². The zero-order valence-corrected chi connectivity index (χ0v) is 14.5. The molecule has 1 aliphatic rings. The first kappa shape index (κ1) is 17.7. The maximum absolute atomic E-state index is 12.9. The molecule has 136 valence electrons. The Hall–Kier alpha value is -3.09. The number of benzene rings is 2. The largest absolute Gasteiger partial charge is 0.497 e. The van der Waals surface area contributed by atoms with E-state index in [0.717, 1.165) is 11.3 Å². The average Bonchev–Trinajstić information content (AvgIpc) is 2.90. The van der Waals surface area contributed by atoms with E-state index < -0.39 is 12.1 Å². The number of carbonyl (C=O) groups excluding carboxylic acids is 2. The molecule has 1 heterocycles. The first-order valence-corrected chi connectivity index (χ1v) is 8.25. The predicted molar refractivity (Wildman–Crippen MR) is 95.7 cm³/mol. The van der Waals surface area contributed by atoms with Crippen molar-refractivity contribution in [1.82, 2.24) is 10.6 Å². The first-order valence-electron chi connectivity index (χ1n) is 8.25. The van der Waals surface area contributed by atoms with E-state index in [4.69, 9.17) is 4.74 Å². The number of amides is 3. The van der Waals surface area contributed by atoms with Gasteiger partial charge in [-0.05, 0) is 48.9 Å². The highest BCUT2D eigenvalue weighted by atomic mass is 19.1. The van der Waals surface area contributed by atoms with Crippen molar-refractivity contribution in [2.24, 2.45) is 0 Å². The highest BCUT2D eigenvalue weighted by Gasteiger charge is 2.41. The molecule has 0 aliphatic carbocycles. The van der Waals surface area contributed by atoms with Crippen LogP contribution in [0, 0.1) is 5.82 Å². The normalized spacial score (nSPS) is 21.8. The van der Waals surface area contributed by atoms with Crippen molar-refractivity contribution in [2.75, 3.05) is 12.4 Å². The van der Waals surface area contributed by atoms with Gasteiger partial charge in [0.2, 0.25) is 5.91 Å². The van der Waals surface area contributed by atoms with Gasteiger partial charge < -0.3 is 20.7 Å². The van der Waals surface area contributed by atoms with Crippen LogP contribution < -0.4 is 20.7 Å². The van der Waals surface area contributed by atoms with Crippen LogP contribution in [0.2, 0.25) is 0 Å². The summed E-state index contributed by atoms with van der Waals surface area (Å²) < 4.78 is 18.1. The molecule has 6 nitrogen and oxygen atoms in total. The van der Waals surface area contributed by atoms with Crippen molar-refractivity contribution in [3.8, 4) is 5.75 Å². The molecule has 0 radical (unpaired) electrons. The first-order chi connectivity index (χ1) is 12.5. The lowest BCUT2D eigenvalue weighted by molar-refractivity contribution is -0.120. The fraction of sp³-hybridized carbons (Fsp3) is 0.263. The summed E-state index contributed by atoms with van der Waals surface area (Å²) in [6, 6.07) is 11.4. The van der Waals surface area contributed by atoms with Crippen LogP contribution in [0.5, 0.6) is 5.75 Å². The molecule has 3 N–H and O–H groups in total. The standard InChI is InChI=1S/C19H20FN3O3/c1-11-16(12-3-9-15(26-2)10-4-12)17(18(24)21-11)23-19(25)22-14-7-5-13(20)6-8-14/h3-11,16-17H,1-2H3,(H,21,24)(H2,22,23,25)/t11-,16+,17+/m0/s1. The summed E-state index contributed by atoms with van der Waals surface area (Å²) in [4.78, 5) is 24.6. The molecule has 0 aromatic heterocycles. The number of hydrogen-bond acceptors (Lipinski definition) is 3. The molecule has 2 aromatic rings. The van der Waals surface area contributed by atoms with Gasteiger partial charge in [0.1, 0.15) is 17.6 Å². The molecule has 0 unspecified atom stereocenters. The Morgan fingerprint density at radius 3 is 2.38 bits per heavy atom. The van der Waals surface area contributed by atoms with Gasteiger partial charge in [-0.1, -0.05) is 12.1 Å². The fourth-order valence-electron chi connectivity index (χ4n) is 3.16. The van der Waals surface area contributed by atoms with E-state index in [-0.39, 0.29) is 23.7 Å². The van der Waals surface area contributed by atoms with Crippen molar-refractivity contribution in [1.29, 1.82) is 0 Å². The zero-order chi connectivity index (χ0) is 18.7. The molecule has 2 aromatic carbocycles. The van der Waals surface area contributed by atoms with Crippen LogP contribution in [0.4, 0.5) is 14.9 Å². The molecule has 7 heteroatoms. The quantitative estimate of drug-likeness (QED) is 0.787. The molecular weight excluding hydrogens is 337 g/mol. The third-order valence-corrected chi connectivity index (χ3v) is 4.44. The monoisotopic (exact) mass is 357 g/mol. The van der Waals surface area contributed by atoms with E-state index >= 15 is 0 Å². The Labute approximate surface area is 150 Å². The summed E-state index contributed by atoms with van der Waals surface area (Å²) in [5.41, 5.74) is 1.36. The van der Waals surface area contributed by atoms with Crippen molar-refractivity contribution in [3.05, 3.63) is 59.9 Å². The molecule has 3 rings (SSSR count). The van der Waals surface area contributed by atoms with Gasteiger partial charge in [-0.25, -0.2) is 9.18 Å². The summed E-state index contributed by atoms with van der Waals surface area (Å²) in [5, 5.41) is 8.18. The Balaban J connectivity index is 1.73. The topological polar surface area (TPSA) is 79.5 Å². The second-order valence-corrected chi connectivity index (χ2v) is 6.18. The highest BCUT2D eigenvalue weighted by Crippen LogP contribution is 2.30. The number of nitrogens with one attached hydrogen (secondary N) is 3. The number of ether oxygens (including phenoxy) is 1. The molecule has 0 saturated carbocycles. The zero-order valence-electron chi connectivity index (χ0n) is 14.5. The van der Waals surface area contributed by atoms with Crippen LogP contribution in [0.25, 0.3) is 0 Å². The third-order valence-electron chi connectivity index (χ3n) is 4.44. The van der Waals surface area contributed by atoms with Gasteiger partial charge in [0.25, 0.3) is 0 Å². The third kappa shape index (κ3) is 3.77. The Morgan fingerprint density at radius 2 is 1.77 bits per heavy atom. The molecule has 0 spiro atoms. The number of halogens is 1. The van der Waals surface area contributed by atoms with Gasteiger partial charge in [0.15, 0.2) is 0 Å². The number of anilines is 1. The second kappa shape index (κ2) is 7.43. The SMILES string of the molecule is COc1ccc([C@H]2[C@H](C)NC(=O)[C@@H]2NC(=O)Nc2ccc(F)cc2)cc1. The molecule has 26 heavy (non-hydrogen) atoms. The van der Waals surface area contributed by atoms with E-state index in [1.807, 2.05) is 31.2 Å². The van der Waals surface area contributed by atoms with E-state index in [1.165, 1.54) is 24.3 Å². The van der Waals surface area contributed by atoms with Gasteiger partial charge in [0, 0.05) is 17.6 Å². The summed E-state index contributed by atoms with van der Waals surface area (Å²) in [6.45, 7) is 1.90. The molecule has 0 bridgehead atoms. The maximum Gasteiger partial charge on any atom is 0.319 e. The van der Waals surface area contributed by atoms with Crippen LogP contribution in [0.15, 0.2) is 48.5 Å². The minimum absolute atomic E-state index is 0.132. The number of hydrogen-bond donors (Lipinski definition) is 3. The van der Waals surface area contributed by atoms with Crippen LogP contribution in [-0.4, -0.2) is 31.1 Å². The Kier molecular flexibility index (Phi) is 5.06. The van der Waals surface area contributed by atoms with Crippen LogP contribution in [0.1, 0.15) is 18.4 Å². The van der Waals surface area contributed by atoms with Crippen LogP contribution in [0.3, 0.4) is 0 Å². The maximum atomic E-state index is 12.9. The van der Waals surface area contributed by atoms with Gasteiger partial charge in [-0.2, -0.15) is 0 Å². The minimum Gasteiger partial charge on any atom is -0.497 e. The average molecular weight is 357 g/mol. The Morgan fingerprint density at radius 1 is 1.12 bits per heavy atom. The molecule has 1 fully saturated rings. The van der Waals surface area contributed by atoms with Crippen molar-refractivity contribution >= 4 is 17.6 Å². The second-order valence-electron chi connectivity index (χ2n) is 6.18. The number of methoxy groups -OCH3 is 1. The van der Waals surface area contributed by atoms with E-state index in [1.54, 1.807) is 7.11 Å². The molecule has 3 amide bonds. The minimum atomic E-state index is -0.709. The smallest absolute Gasteiger partial charge is 0.319 e. The highest BCUT2D eigenvalue weighted by molar-refractivity contribution is 5.95. The van der Waals surface area contributed by atoms with Gasteiger partial charge >= 0.3 is 6.03 Å². The lowest BCUT2D eigenvalue weighted by Gasteiger charge is -2.22. The van der Waals surface area contributed by atoms with Gasteiger partial charge in [-0.3, -0.25) is 4.79 Å². The summed E-state index contributed by atoms with van der Waals surface area (Å²) in [6.07, 6.45) is 0. The van der Waals surface area contributed by atoms with Gasteiger partial charge in [0.05, 0.1) is 7.11 Å². The predicted octanol–water partition coefficient (Wildman–Crippen LogP) is 2.63. The van der Waals surface area contributed by atoms with Gasteiger partial charge in [-0.15, -0.1) is 0 Å².